The van der Waals surface area contributed by atoms with E-state index in [0.717, 1.165) is 0 Å². The highest BCUT2D eigenvalue weighted by molar-refractivity contribution is 6.40. The third-order valence-electron chi connectivity index (χ3n) is 2.45. The molecule has 1 aromatic heterocycles. The van der Waals surface area contributed by atoms with Gasteiger partial charge in [0.05, 0.1) is 15.6 Å². The second-order valence-electron chi connectivity index (χ2n) is 4.08. The molecule has 0 radical (unpaired) electrons. The van der Waals surface area contributed by atoms with Crippen LogP contribution in [0.4, 0.5) is 23.8 Å². The number of halogens is 5. The Morgan fingerprint density at radius 2 is 1.78 bits per heavy atom. The van der Waals surface area contributed by atoms with Gasteiger partial charge >= 0.3 is 12.2 Å². The molecule has 2 aromatic rings. The normalized spacial score (nSPS) is 11.2. The number of nitrogens with zero attached hydrogens (tertiary/aromatic N) is 1. The summed E-state index contributed by atoms with van der Waals surface area (Å²) in [6, 6.07) is 3.58. The van der Waals surface area contributed by atoms with Gasteiger partial charge in [0, 0.05) is 6.07 Å². The molecule has 1 heterocycles. The summed E-state index contributed by atoms with van der Waals surface area (Å²) in [5.41, 5.74) is -1.48. The molecule has 3 amide bonds. The monoisotopic (exact) mass is 367 g/mol. The highest BCUT2D eigenvalue weighted by atomic mass is 35.5. The second-order valence-corrected chi connectivity index (χ2v) is 4.89. The van der Waals surface area contributed by atoms with Crippen LogP contribution < -0.4 is 10.6 Å². The van der Waals surface area contributed by atoms with Crippen molar-refractivity contribution in [3.63, 3.8) is 0 Å². The van der Waals surface area contributed by atoms with Crippen LogP contribution in [0.25, 0.3) is 0 Å². The fourth-order valence-corrected chi connectivity index (χ4v) is 2.06. The van der Waals surface area contributed by atoms with Crippen molar-refractivity contribution in [1.29, 1.82) is 0 Å². The number of benzene rings is 1. The summed E-state index contributed by atoms with van der Waals surface area (Å²) in [5.74, 6) is -1.53. The number of carbonyl (C=O) groups excluding carboxylic acids is 2. The number of amides is 3. The van der Waals surface area contributed by atoms with Gasteiger partial charge in [0.25, 0.3) is 5.91 Å². The number of aromatic nitrogens is 1. The van der Waals surface area contributed by atoms with Crippen molar-refractivity contribution >= 4 is 41.0 Å². The minimum absolute atomic E-state index is 0.00169. The Balaban J connectivity index is 2.05. The van der Waals surface area contributed by atoms with Gasteiger partial charge in [-0.1, -0.05) is 34.4 Å². The van der Waals surface area contributed by atoms with Gasteiger partial charge in [-0.05, 0) is 12.1 Å². The SMILES string of the molecule is O=C(NC(=O)c1c(Cl)cccc1Cl)Nc1cc(C(F)(F)F)no1. The van der Waals surface area contributed by atoms with E-state index in [1.807, 2.05) is 10.6 Å². The van der Waals surface area contributed by atoms with E-state index in [-0.39, 0.29) is 15.6 Å². The molecule has 11 heteroatoms. The topological polar surface area (TPSA) is 84.2 Å². The molecule has 1 aromatic carbocycles. The summed E-state index contributed by atoms with van der Waals surface area (Å²) >= 11 is 11.6. The lowest BCUT2D eigenvalue weighted by atomic mass is 10.2. The van der Waals surface area contributed by atoms with Crippen molar-refractivity contribution in [2.75, 3.05) is 5.32 Å². The predicted octanol–water partition coefficient (Wildman–Crippen LogP) is 3.96. The number of alkyl halides is 3. The molecule has 0 aliphatic heterocycles. The molecule has 0 bridgehead atoms. The van der Waals surface area contributed by atoms with Gasteiger partial charge in [0.15, 0.2) is 5.69 Å². The molecule has 6 nitrogen and oxygen atoms in total. The first-order chi connectivity index (χ1) is 10.7. The molecule has 0 unspecified atom stereocenters. The number of hydrogen-bond donors (Lipinski definition) is 2. The molecule has 0 spiro atoms. The van der Waals surface area contributed by atoms with E-state index in [2.05, 4.69) is 9.68 Å². The lowest BCUT2D eigenvalue weighted by Crippen LogP contribution is -2.34. The van der Waals surface area contributed by atoms with Crippen LogP contribution in [0.5, 0.6) is 0 Å². The van der Waals surface area contributed by atoms with Crippen LogP contribution in [0.2, 0.25) is 10.0 Å². The molecular weight excluding hydrogens is 362 g/mol. The number of urea groups is 1. The lowest BCUT2D eigenvalue weighted by Gasteiger charge is -2.07. The maximum absolute atomic E-state index is 12.3. The fourth-order valence-electron chi connectivity index (χ4n) is 1.49. The highest BCUT2D eigenvalue weighted by Gasteiger charge is 2.35. The van der Waals surface area contributed by atoms with Crippen molar-refractivity contribution in [2.45, 2.75) is 6.18 Å². The van der Waals surface area contributed by atoms with Crippen LogP contribution in [0.15, 0.2) is 28.8 Å². The van der Waals surface area contributed by atoms with Crippen LogP contribution in [-0.4, -0.2) is 17.1 Å². The number of anilines is 1. The van der Waals surface area contributed by atoms with Gasteiger partial charge in [-0.3, -0.25) is 15.4 Å². The average Bonchev–Trinajstić information content (AvgIpc) is 2.86. The number of hydrogen-bond acceptors (Lipinski definition) is 4. The van der Waals surface area contributed by atoms with Crippen molar-refractivity contribution in [3.8, 4) is 0 Å². The van der Waals surface area contributed by atoms with E-state index in [1.165, 1.54) is 18.2 Å². The van der Waals surface area contributed by atoms with Crippen molar-refractivity contribution in [2.24, 2.45) is 0 Å². The van der Waals surface area contributed by atoms with Crippen molar-refractivity contribution < 1.29 is 27.3 Å². The van der Waals surface area contributed by atoms with Gasteiger partial charge in [0.2, 0.25) is 5.88 Å². The number of carbonyl (C=O) groups is 2. The first kappa shape index (κ1) is 17.1. The van der Waals surface area contributed by atoms with Crippen LogP contribution in [0.3, 0.4) is 0 Å². The average molecular weight is 368 g/mol. The van der Waals surface area contributed by atoms with Crippen LogP contribution in [-0.2, 0) is 6.18 Å². The summed E-state index contributed by atoms with van der Waals surface area (Å²) < 4.78 is 41.3. The van der Waals surface area contributed by atoms with Crippen LogP contribution >= 0.6 is 23.2 Å². The first-order valence-electron chi connectivity index (χ1n) is 5.78. The predicted molar refractivity (Wildman–Crippen MR) is 74.5 cm³/mol. The molecule has 122 valence electrons. The Kier molecular flexibility index (Phi) is 4.81. The van der Waals surface area contributed by atoms with Gasteiger partial charge in [-0.25, -0.2) is 4.79 Å². The Bertz CT molecular complexity index is 741. The number of imide groups is 1. The summed E-state index contributed by atoms with van der Waals surface area (Å²) in [4.78, 5) is 23.5. The summed E-state index contributed by atoms with van der Waals surface area (Å²) in [6.45, 7) is 0. The maximum atomic E-state index is 12.3. The molecular formula is C12H6Cl2F3N3O3. The zero-order chi connectivity index (χ0) is 17.2. The van der Waals surface area contributed by atoms with Gasteiger partial charge in [-0.15, -0.1) is 0 Å². The minimum atomic E-state index is -4.72. The van der Waals surface area contributed by atoms with E-state index in [4.69, 9.17) is 23.2 Å². The Morgan fingerprint density at radius 1 is 1.17 bits per heavy atom. The Hall–Kier alpha value is -2.26. The molecule has 0 aliphatic rings. The lowest BCUT2D eigenvalue weighted by molar-refractivity contribution is -0.142. The standard InChI is InChI=1S/C12H6Cl2F3N3O3/c13-5-2-1-3-6(14)9(5)10(21)19-11(22)18-8-4-7(20-23-8)12(15,16)17/h1-4H,(H2,18,19,21,22). The zero-order valence-corrected chi connectivity index (χ0v) is 12.4. The van der Waals surface area contributed by atoms with Crippen molar-refractivity contribution in [1.82, 2.24) is 10.5 Å². The molecule has 0 atom stereocenters. The van der Waals surface area contributed by atoms with Gasteiger partial charge in [0.1, 0.15) is 0 Å². The maximum Gasteiger partial charge on any atom is 0.436 e. The third-order valence-corrected chi connectivity index (χ3v) is 3.08. The molecule has 0 saturated heterocycles. The second kappa shape index (κ2) is 6.47. The highest BCUT2D eigenvalue weighted by Crippen LogP contribution is 2.29. The molecule has 0 saturated carbocycles. The summed E-state index contributed by atoms with van der Waals surface area (Å²) in [5, 5.41) is 6.48. The Morgan fingerprint density at radius 3 is 2.30 bits per heavy atom. The third kappa shape index (κ3) is 4.14. The van der Waals surface area contributed by atoms with Crippen molar-refractivity contribution in [3.05, 3.63) is 45.6 Å². The molecule has 0 fully saturated rings. The molecule has 2 N–H and O–H groups in total. The van der Waals surface area contributed by atoms with E-state index in [0.29, 0.717) is 6.07 Å². The number of nitrogens with one attached hydrogen (secondary N) is 2. The van der Waals surface area contributed by atoms with Crippen LogP contribution in [0.1, 0.15) is 16.1 Å². The van der Waals surface area contributed by atoms with E-state index in [9.17, 15) is 22.8 Å². The van der Waals surface area contributed by atoms with E-state index < -0.39 is 29.7 Å². The minimum Gasteiger partial charge on any atom is -0.338 e. The van der Waals surface area contributed by atoms with E-state index in [1.54, 1.807) is 0 Å². The number of rotatable bonds is 2. The van der Waals surface area contributed by atoms with E-state index >= 15 is 0 Å². The zero-order valence-electron chi connectivity index (χ0n) is 10.9. The smallest absolute Gasteiger partial charge is 0.338 e. The largest absolute Gasteiger partial charge is 0.436 e. The summed E-state index contributed by atoms with van der Waals surface area (Å²) in [7, 11) is 0. The van der Waals surface area contributed by atoms with Crippen LogP contribution in [0, 0.1) is 0 Å². The molecule has 2 rings (SSSR count). The molecule has 23 heavy (non-hydrogen) atoms. The van der Waals surface area contributed by atoms with Gasteiger partial charge < -0.3 is 4.52 Å². The quantitative estimate of drug-likeness (QED) is 0.841. The summed E-state index contributed by atoms with van der Waals surface area (Å²) in [6.07, 6.45) is -4.72. The fraction of sp³-hybridized carbons (Fsp3) is 0.0833. The first-order valence-corrected chi connectivity index (χ1v) is 6.54. The molecule has 0 aliphatic carbocycles. The Labute approximate surface area is 136 Å². The van der Waals surface area contributed by atoms with Gasteiger partial charge in [-0.2, -0.15) is 13.2 Å².